The molecule has 0 saturated heterocycles. The lowest BCUT2D eigenvalue weighted by molar-refractivity contribution is 0.825. The Morgan fingerprint density at radius 1 is 1.00 bits per heavy atom. The number of allylic oxidation sites excluding steroid dienone is 1. The molecule has 0 fully saturated rings. The zero-order chi connectivity index (χ0) is 25.0. The van der Waals surface area contributed by atoms with Crippen LogP contribution in [-0.2, 0) is 6.42 Å². The number of hydrogen-bond acceptors (Lipinski definition) is 3. The van der Waals surface area contributed by atoms with Crippen molar-refractivity contribution in [3.63, 3.8) is 0 Å². The minimum Gasteiger partial charge on any atom is -0.385 e. The number of hydrogen-bond donors (Lipinski definition) is 2. The van der Waals surface area contributed by atoms with Crippen LogP contribution < -0.4 is 11.1 Å². The molecule has 0 radical (unpaired) electrons. The highest BCUT2D eigenvalue weighted by Crippen LogP contribution is 2.31. The summed E-state index contributed by atoms with van der Waals surface area (Å²) in [7, 11) is 1.50. The molecule has 0 aliphatic carbocycles. The summed E-state index contributed by atoms with van der Waals surface area (Å²) in [6.07, 6.45) is 4.27. The molecule has 3 heteroatoms. The van der Waals surface area contributed by atoms with Crippen LogP contribution in [0.2, 0.25) is 0 Å². The minimum atomic E-state index is 0.915. The number of pyridine rings is 1. The highest BCUT2D eigenvalue weighted by molar-refractivity contribution is 5.94. The van der Waals surface area contributed by atoms with Gasteiger partial charge < -0.3 is 11.1 Å². The summed E-state index contributed by atoms with van der Waals surface area (Å²) in [5.74, 6) is 0. The Morgan fingerprint density at radius 2 is 1.70 bits per heavy atom. The van der Waals surface area contributed by atoms with E-state index < -0.39 is 0 Å². The first-order valence-corrected chi connectivity index (χ1v) is 12.2. The zero-order valence-electron chi connectivity index (χ0n) is 22.0. The monoisotopic (exact) mass is 445 g/mol. The lowest BCUT2D eigenvalue weighted by Crippen LogP contribution is -2.13. The third-order valence-electron chi connectivity index (χ3n) is 5.44. The van der Waals surface area contributed by atoms with E-state index in [0.29, 0.717) is 0 Å². The molecule has 2 aromatic carbocycles. The third kappa shape index (κ3) is 7.03. The summed E-state index contributed by atoms with van der Waals surface area (Å²) in [6.45, 7) is 20.0. The first-order chi connectivity index (χ1) is 16.0. The van der Waals surface area contributed by atoms with E-state index in [2.05, 4.69) is 101 Å². The van der Waals surface area contributed by atoms with Crippen molar-refractivity contribution in [3.8, 4) is 0 Å². The summed E-state index contributed by atoms with van der Waals surface area (Å²) in [5.41, 5.74) is 14.8. The van der Waals surface area contributed by atoms with Crippen molar-refractivity contribution in [2.45, 2.75) is 61.3 Å². The number of benzene rings is 2. The maximum atomic E-state index is 5.07. The third-order valence-corrected chi connectivity index (χ3v) is 5.44. The molecule has 0 amide bonds. The highest BCUT2D eigenvalue weighted by Gasteiger charge is 2.14. The van der Waals surface area contributed by atoms with Gasteiger partial charge in [-0.2, -0.15) is 0 Å². The topological polar surface area (TPSA) is 50.9 Å². The summed E-state index contributed by atoms with van der Waals surface area (Å²) in [5, 5.41) is 4.61. The Balaban J connectivity index is 0.00000129. The number of aromatic nitrogens is 1. The summed E-state index contributed by atoms with van der Waals surface area (Å²) >= 11 is 0. The van der Waals surface area contributed by atoms with Crippen molar-refractivity contribution in [3.05, 3.63) is 88.6 Å². The zero-order valence-corrected chi connectivity index (χ0v) is 22.0. The Labute approximate surface area is 201 Å². The molecular weight excluding hydrogens is 402 g/mol. The van der Waals surface area contributed by atoms with Gasteiger partial charge in [0.15, 0.2) is 0 Å². The molecule has 0 saturated carbocycles. The Kier molecular flexibility index (Phi) is 12.2. The molecule has 178 valence electrons. The Hall–Kier alpha value is -2.91. The Morgan fingerprint density at radius 3 is 2.30 bits per heavy atom. The fourth-order valence-electron chi connectivity index (χ4n) is 3.72. The smallest absolute Gasteiger partial charge is 0.0719 e. The van der Waals surface area contributed by atoms with Crippen molar-refractivity contribution in [2.75, 3.05) is 13.6 Å². The molecule has 0 atom stereocenters. The van der Waals surface area contributed by atoms with Crippen molar-refractivity contribution in [1.82, 2.24) is 10.3 Å². The van der Waals surface area contributed by atoms with Crippen LogP contribution in [0.4, 0.5) is 0 Å². The van der Waals surface area contributed by atoms with Gasteiger partial charge in [0.2, 0.25) is 0 Å². The van der Waals surface area contributed by atoms with Gasteiger partial charge in [-0.25, -0.2) is 4.98 Å². The lowest BCUT2D eigenvalue weighted by Gasteiger charge is -2.17. The molecule has 0 spiro atoms. The first kappa shape index (κ1) is 28.1. The largest absolute Gasteiger partial charge is 0.385 e. The number of nitrogens with two attached hydrogens (primary N) is 1. The predicted octanol–water partition coefficient (Wildman–Crippen LogP) is 7.44. The fourth-order valence-corrected chi connectivity index (χ4v) is 3.72. The molecule has 33 heavy (non-hydrogen) atoms. The predicted molar refractivity (Wildman–Crippen MR) is 149 cm³/mol. The van der Waals surface area contributed by atoms with Crippen LogP contribution in [0, 0.1) is 13.8 Å². The van der Waals surface area contributed by atoms with Crippen LogP contribution in [-0.4, -0.2) is 18.6 Å². The van der Waals surface area contributed by atoms with Crippen molar-refractivity contribution in [2.24, 2.45) is 5.73 Å². The molecule has 0 unspecified atom stereocenters. The van der Waals surface area contributed by atoms with Crippen LogP contribution in [0.15, 0.2) is 55.1 Å². The Bertz CT molecular complexity index is 1080. The highest BCUT2D eigenvalue weighted by atomic mass is 14.9. The second-order valence-corrected chi connectivity index (χ2v) is 7.69. The first-order valence-electron chi connectivity index (χ1n) is 12.2. The van der Waals surface area contributed by atoms with Crippen LogP contribution in [0.25, 0.3) is 22.2 Å². The summed E-state index contributed by atoms with van der Waals surface area (Å²) in [6, 6.07) is 15.4. The van der Waals surface area contributed by atoms with Crippen LogP contribution in [0.5, 0.6) is 0 Å². The van der Waals surface area contributed by atoms with E-state index in [-0.39, 0.29) is 0 Å². The lowest BCUT2D eigenvalue weighted by atomic mass is 9.93. The fraction of sp³-hybridized carbons (Fsp3) is 0.367. The number of nitrogens with zero attached hydrogens (tertiary/aromatic N) is 1. The van der Waals surface area contributed by atoms with E-state index in [4.69, 9.17) is 4.98 Å². The van der Waals surface area contributed by atoms with Gasteiger partial charge in [0.05, 0.1) is 11.2 Å². The molecule has 0 bridgehead atoms. The second-order valence-electron chi connectivity index (χ2n) is 7.69. The van der Waals surface area contributed by atoms with E-state index >= 15 is 0 Å². The van der Waals surface area contributed by atoms with Crippen LogP contribution >= 0.6 is 0 Å². The molecular formula is C30H43N3. The van der Waals surface area contributed by atoms with Gasteiger partial charge in [-0.15, -0.1) is 0 Å². The average Bonchev–Trinajstić information content (AvgIpc) is 2.85. The molecule has 3 aromatic rings. The molecule has 3 N–H and O–H groups in total. The molecule has 0 aliphatic heterocycles. The number of fused-ring (bicyclic) bond motifs is 1. The summed E-state index contributed by atoms with van der Waals surface area (Å²) < 4.78 is 0. The van der Waals surface area contributed by atoms with Crippen LogP contribution in [0.1, 0.15) is 74.6 Å². The van der Waals surface area contributed by atoms with E-state index in [1.165, 1.54) is 34.9 Å². The number of rotatable bonds is 7. The maximum absolute atomic E-state index is 5.07. The number of nitrogens with one attached hydrogen (secondary N) is 1. The van der Waals surface area contributed by atoms with E-state index in [1.54, 1.807) is 0 Å². The second kappa shape index (κ2) is 14.3. The van der Waals surface area contributed by atoms with Gasteiger partial charge in [0, 0.05) is 28.8 Å². The van der Waals surface area contributed by atoms with Crippen molar-refractivity contribution in [1.29, 1.82) is 0 Å². The van der Waals surface area contributed by atoms with Gasteiger partial charge in [-0.1, -0.05) is 70.7 Å². The molecule has 3 rings (SSSR count). The molecule has 1 heterocycles. The molecule has 3 nitrogen and oxygen atoms in total. The van der Waals surface area contributed by atoms with Gasteiger partial charge in [0.25, 0.3) is 0 Å². The van der Waals surface area contributed by atoms with Crippen LogP contribution in [0.3, 0.4) is 0 Å². The molecule has 0 aliphatic rings. The standard InChI is InChI=1S/C27H32N2.C2H6.CH5N/c1-7-14-28-20(6)25-17-27(29-26-15-18(4)10-13-23(25)26)22(9-3)24-16-21(8-2)12-11-19(24)5;2*1-2/h9-13,15-17,28H,6-8,14H2,1-5H3;1-2H3;2H2,1H3/b22-9+;;. The van der Waals surface area contributed by atoms with Gasteiger partial charge in [0.1, 0.15) is 0 Å². The maximum Gasteiger partial charge on any atom is 0.0719 e. The minimum absolute atomic E-state index is 0.915. The van der Waals surface area contributed by atoms with E-state index in [1.807, 2.05) is 13.8 Å². The normalized spacial score (nSPS) is 10.6. The molecule has 1 aromatic heterocycles. The van der Waals surface area contributed by atoms with Crippen molar-refractivity contribution >= 4 is 22.2 Å². The van der Waals surface area contributed by atoms with E-state index in [0.717, 1.165) is 47.2 Å². The summed E-state index contributed by atoms with van der Waals surface area (Å²) in [4.78, 5) is 5.07. The SMILES string of the molecule is C=C(NCCC)c1cc(/C(=C/C)c2cc(CC)ccc2C)nc2cc(C)ccc12.CC.CN. The van der Waals surface area contributed by atoms with Gasteiger partial charge in [-0.05, 0) is 75.0 Å². The van der Waals surface area contributed by atoms with Gasteiger partial charge in [-0.3, -0.25) is 0 Å². The quantitative estimate of drug-likeness (QED) is 0.397. The van der Waals surface area contributed by atoms with Gasteiger partial charge >= 0.3 is 0 Å². The average molecular weight is 446 g/mol. The number of aryl methyl sites for hydroxylation is 3. The van der Waals surface area contributed by atoms with Crippen molar-refractivity contribution < 1.29 is 0 Å². The van der Waals surface area contributed by atoms with E-state index in [9.17, 15) is 0 Å².